The SMILES string of the molecule is CO[C@@H]1CCN(C(=O)N2CCc3cc(Cl)cc([C@@H]4COCCN4)c3C2)C1. The Labute approximate surface area is 159 Å². The van der Waals surface area contributed by atoms with Crippen LogP contribution in [0.1, 0.15) is 29.2 Å². The fourth-order valence-electron chi connectivity index (χ4n) is 4.19. The van der Waals surface area contributed by atoms with Crippen molar-refractivity contribution in [2.75, 3.05) is 46.5 Å². The lowest BCUT2D eigenvalue weighted by atomic mass is 9.91. The molecule has 26 heavy (non-hydrogen) atoms. The molecule has 2 amide bonds. The molecule has 0 spiro atoms. The third kappa shape index (κ3) is 3.56. The molecule has 4 rings (SSSR count). The van der Waals surface area contributed by atoms with Gasteiger partial charge in [0, 0.05) is 44.9 Å². The standard InChI is InChI=1S/C19H26ClN3O3/c1-25-15-3-6-22(10-15)19(24)23-5-2-13-8-14(20)9-16(17(13)11-23)18-12-26-7-4-21-18/h8-9,15,18,21H,2-7,10-12H2,1H3/t15-,18+/m1/s1. The van der Waals surface area contributed by atoms with E-state index in [9.17, 15) is 4.79 Å². The van der Waals surface area contributed by atoms with Crippen LogP contribution in [0.25, 0.3) is 0 Å². The van der Waals surface area contributed by atoms with E-state index in [2.05, 4.69) is 5.32 Å². The molecular formula is C19H26ClN3O3. The van der Waals surface area contributed by atoms with Crippen molar-refractivity contribution in [1.82, 2.24) is 15.1 Å². The third-order valence-electron chi connectivity index (χ3n) is 5.66. The number of nitrogens with one attached hydrogen (secondary N) is 1. The number of rotatable bonds is 2. The molecule has 1 aromatic carbocycles. The number of hydrogen-bond acceptors (Lipinski definition) is 4. The Morgan fingerprint density at radius 1 is 1.35 bits per heavy atom. The summed E-state index contributed by atoms with van der Waals surface area (Å²) >= 11 is 6.36. The van der Waals surface area contributed by atoms with Gasteiger partial charge in [-0.1, -0.05) is 11.6 Å². The first kappa shape index (κ1) is 18.0. The molecule has 1 aromatic rings. The van der Waals surface area contributed by atoms with Crippen molar-refractivity contribution in [3.8, 4) is 0 Å². The van der Waals surface area contributed by atoms with Crippen molar-refractivity contribution in [2.45, 2.75) is 31.5 Å². The Morgan fingerprint density at radius 2 is 2.23 bits per heavy atom. The van der Waals surface area contributed by atoms with Gasteiger partial charge in [-0.25, -0.2) is 4.79 Å². The minimum atomic E-state index is 0.115. The number of halogens is 1. The first-order valence-electron chi connectivity index (χ1n) is 9.34. The Kier molecular flexibility index (Phi) is 5.36. The summed E-state index contributed by atoms with van der Waals surface area (Å²) in [4.78, 5) is 16.8. The number of morpholine rings is 1. The fraction of sp³-hybridized carbons (Fsp3) is 0.632. The molecule has 6 nitrogen and oxygen atoms in total. The second-order valence-corrected chi connectivity index (χ2v) is 7.70. The summed E-state index contributed by atoms with van der Waals surface area (Å²) in [5.74, 6) is 0. The monoisotopic (exact) mass is 379 g/mol. The van der Waals surface area contributed by atoms with E-state index >= 15 is 0 Å². The van der Waals surface area contributed by atoms with Crippen LogP contribution in [0.4, 0.5) is 4.79 Å². The first-order valence-corrected chi connectivity index (χ1v) is 9.72. The van der Waals surface area contributed by atoms with E-state index in [0.717, 1.165) is 44.1 Å². The van der Waals surface area contributed by atoms with Gasteiger partial charge in [-0.15, -0.1) is 0 Å². The van der Waals surface area contributed by atoms with Crippen LogP contribution in [0.3, 0.4) is 0 Å². The topological polar surface area (TPSA) is 54.0 Å². The Hall–Kier alpha value is -1.34. The van der Waals surface area contributed by atoms with Crippen molar-refractivity contribution in [3.63, 3.8) is 0 Å². The van der Waals surface area contributed by atoms with Gasteiger partial charge in [0.1, 0.15) is 0 Å². The van der Waals surface area contributed by atoms with Crippen molar-refractivity contribution < 1.29 is 14.3 Å². The molecular weight excluding hydrogens is 354 g/mol. The largest absolute Gasteiger partial charge is 0.380 e. The molecule has 1 N–H and O–H groups in total. The van der Waals surface area contributed by atoms with E-state index in [4.69, 9.17) is 21.1 Å². The number of fused-ring (bicyclic) bond motifs is 1. The van der Waals surface area contributed by atoms with Gasteiger partial charge in [-0.2, -0.15) is 0 Å². The Morgan fingerprint density at radius 3 is 2.96 bits per heavy atom. The second kappa shape index (κ2) is 7.72. The minimum absolute atomic E-state index is 0.115. The van der Waals surface area contributed by atoms with Gasteiger partial charge in [0.25, 0.3) is 0 Å². The number of methoxy groups -OCH3 is 1. The van der Waals surface area contributed by atoms with Crippen molar-refractivity contribution in [3.05, 3.63) is 33.8 Å². The molecule has 0 radical (unpaired) electrons. The first-order chi connectivity index (χ1) is 12.7. The zero-order valence-electron chi connectivity index (χ0n) is 15.2. The highest BCUT2D eigenvalue weighted by Crippen LogP contribution is 2.32. The predicted octanol–water partition coefficient (Wildman–Crippen LogP) is 2.20. The molecule has 0 unspecified atom stereocenters. The average Bonchev–Trinajstić information content (AvgIpc) is 3.16. The van der Waals surface area contributed by atoms with Crippen LogP contribution >= 0.6 is 11.6 Å². The smallest absolute Gasteiger partial charge is 0.320 e. The number of ether oxygens (including phenoxy) is 2. The highest BCUT2D eigenvalue weighted by atomic mass is 35.5. The normalized spacial score (nSPS) is 26.1. The number of nitrogens with zero attached hydrogens (tertiary/aromatic N) is 2. The summed E-state index contributed by atoms with van der Waals surface area (Å²) in [6.07, 6.45) is 1.91. The maximum atomic E-state index is 13.0. The summed E-state index contributed by atoms with van der Waals surface area (Å²) in [6, 6.07) is 4.32. The molecule has 0 aliphatic carbocycles. The molecule has 0 saturated carbocycles. The number of benzene rings is 1. The van der Waals surface area contributed by atoms with E-state index in [1.807, 2.05) is 21.9 Å². The Balaban J connectivity index is 1.54. The van der Waals surface area contributed by atoms with Crippen molar-refractivity contribution in [1.29, 1.82) is 0 Å². The number of urea groups is 1. The molecule has 3 aliphatic rings. The van der Waals surface area contributed by atoms with Crippen LogP contribution in [0.5, 0.6) is 0 Å². The number of amides is 2. The lowest BCUT2D eigenvalue weighted by molar-refractivity contribution is 0.0761. The van der Waals surface area contributed by atoms with E-state index in [-0.39, 0.29) is 18.2 Å². The van der Waals surface area contributed by atoms with Gasteiger partial charge in [-0.3, -0.25) is 0 Å². The number of carbonyl (C=O) groups is 1. The number of likely N-dealkylation sites (tertiary alicyclic amines) is 1. The maximum absolute atomic E-state index is 13.0. The number of hydrogen-bond donors (Lipinski definition) is 1. The molecule has 2 saturated heterocycles. The molecule has 2 fully saturated rings. The van der Waals surface area contributed by atoms with E-state index in [1.165, 1.54) is 16.7 Å². The van der Waals surface area contributed by atoms with Gasteiger partial charge in [0.15, 0.2) is 0 Å². The Bertz CT molecular complexity index is 678. The lowest BCUT2D eigenvalue weighted by Gasteiger charge is -2.35. The van der Waals surface area contributed by atoms with Crippen LogP contribution in [-0.4, -0.2) is 68.4 Å². The minimum Gasteiger partial charge on any atom is -0.380 e. The molecule has 142 valence electrons. The summed E-state index contributed by atoms with van der Waals surface area (Å²) in [5, 5.41) is 4.27. The van der Waals surface area contributed by atoms with Gasteiger partial charge in [0.05, 0.1) is 25.4 Å². The molecule has 0 aromatic heterocycles. The summed E-state index contributed by atoms with van der Waals surface area (Å²) in [5.41, 5.74) is 3.64. The second-order valence-electron chi connectivity index (χ2n) is 7.26. The van der Waals surface area contributed by atoms with Gasteiger partial charge in [0.2, 0.25) is 0 Å². The quantitative estimate of drug-likeness (QED) is 0.856. The van der Waals surface area contributed by atoms with Gasteiger partial charge in [-0.05, 0) is 41.7 Å². The lowest BCUT2D eigenvalue weighted by Crippen LogP contribution is -2.45. The van der Waals surface area contributed by atoms with Crippen molar-refractivity contribution in [2.24, 2.45) is 0 Å². The molecule has 3 aliphatic heterocycles. The fourth-order valence-corrected chi connectivity index (χ4v) is 4.44. The molecule has 2 atom stereocenters. The average molecular weight is 380 g/mol. The molecule has 0 bridgehead atoms. The number of carbonyl (C=O) groups excluding carboxylic acids is 1. The van der Waals surface area contributed by atoms with E-state index < -0.39 is 0 Å². The summed E-state index contributed by atoms with van der Waals surface area (Å²) in [6.45, 7) is 5.03. The van der Waals surface area contributed by atoms with Crippen molar-refractivity contribution >= 4 is 17.6 Å². The van der Waals surface area contributed by atoms with Crippen LogP contribution in [0.15, 0.2) is 12.1 Å². The maximum Gasteiger partial charge on any atom is 0.320 e. The van der Waals surface area contributed by atoms with Crippen LogP contribution in [0.2, 0.25) is 5.02 Å². The summed E-state index contributed by atoms with van der Waals surface area (Å²) in [7, 11) is 1.71. The highest BCUT2D eigenvalue weighted by Gasteiger charge is 2.32. The van der Waals surface area contributed by atoms with E-state index in [1.54, 1.807) is 7.11 Å². The zero-order chi connectivity index (χ0) is 18.1. The zero-order valence-corrected chi connectivity index (χ0v) is 15.9. The highest BCUT2D eigenvalue weighted by molar-refractivity contribution is 6.30. The molecule has 3 heterocycles. The van der Waals surface area contributed by atoms with E-state index in [0.29, 0.717) is 19.7 Å². The van der Waals surface area contributed by atoms with Crippen LogP contribution in [0, 0.1) is 0 Å². The predicted molar refractivity (Wildman–Crippen MR) is 99.5 cm³/mol. The van der Waals surface area contributed by atoms with Crippen LogP contribution < -0.4 is 5.32 Å². The summed E-state index contributed by atoms with van der Waals surface area (Å²) < 4.78 is 11.0. The molecule has 7 heteroatoms. The third-order valence-corrected chi connectivity index (χ3v) is 5.88. The van der Waals surface area contributed by atoms with Gasteiger partial charge >= 0.3 is 6.03 Å². The van der Waals surface area contributed by atoms with Gasteiger partial charge < -0.3 is 24.6 Å². The van der Waals surface area contributed by atoms with Crippen LogP contribution in [-0.2, 0) is 22.4 Å².